The molecule has 0 aromatic carbocycles. The fourth-order valence-corrected chi connectivity index (χ4v) is 2.23. The van der Waals surface area contributed by atoms with Crippen LogP contribution in [0.25, 0.3) is 0 Å². The molecule has 0 radical (unpaired) electrons. The van der Waals surface area contributed by atoms with E-state index in [9.17, 15) is 20.4 Å². The Balaban J connectivity index is 2.63. The van der Waals surface area contributed by atoms with E-state index in [0.717, 1.165) is 19.3 Å². The lowest BCUT2D eigenvalue weighted by Crippen LogP contribution is -2.69. The largest absolute Gasteiger partial charge is 0.394 e. The van der Waals surface area contributed by atoms with Crippen molar-refractivity contribution < 1.29 is 20.4 Å². The molecular weight excluding hydrogens is 210 g/mol. The maximum absolute atomic E-state index is 9.93. The Labute approximate surface area is 96.1 Å². The Hall–Kier alpha value is -0.200. The zero-order valence-corrected chi connectivity index (χ0v) is 9.76. The van der Waals surface area contributed by atoms with Crippen LogP contribution in [0.3, 0.4) is 0 Å². The highest BCUT2D eigenvalue weighted by Crippen LogP contribution is 2.26. The van der Waals surface area contributed by atoms with Crippen molar-refractivity contribution in [2.75, 3.05) is 13.2 Å². The number of piperidine rings is 1. The maximum atomic E-state index is 9.93. The summed E-state index contributed by atoms with van der Waals surface area (Å²) >= 11 is 0. The van der Waals surface area contributed by atoms with Crippen LogP contribution in [0.1, 0.15) is 32.6 Å². The first-order valence-electron chi connectivity index (χ1n) is 5.97. The van der Waals surface area contributed by atoms with E-state index >= 15 is 0 Å². The normalized spacial score (nSPS) is 39.9. The van der Waals surface area contributed by atoms with Gasteiger partial charge >= 0.3 is 0 Å². The van der Waals surface area contributed by atoms with Crippen LogP contribution in [0.5, 0.6) is 0 Å². The number of rotatable bonds is 5. The predicted molar refractivity (Wildman–Crippen MR) is 60.0 cm³/mol. The second-order valence-corrected chi connectivity index (χ2v) is 4.66. The second kappa shape index (κ2) is 5.93. The zero-order valence-electron chi connectivity index (χ0n) is 9.76. The first kappa shape index (κ1) is 13.9. The van der Waals surface area contributed by atoms with E-state index < -0.39 is 23.9 Å². The zero-order chi connectivity index (χ0) is 12.2. The number of aliphatic hydroxyl groups excluding tert-OH is 4. The molecule has 1 aliphatic rings. The van der Waals surface area contributed by atoms with Crippen LogP contribution >= 0.6 is 0 Å². The van der Waals surface area contributed by atoms with Gasteiger partial charge in [-0.05, 0) is 6.42 Å². The van der Waals surface area contributed by atoms with E-state index in [4.69, 9.17) is 0 Å². The minimum Gasteiger partial charge on any atom is -0.394 e. The molecule has 5 nitrogen and oxygen atoms in total. The molecule has 1 rings (SSSR count). The highest BCUT2D eigenvalue weighted by atomic mass is 16.4. The van der Waals surface area contributed by atoms with Crippen LogP contribution in [0.2, 0.25) is 0 Å². The van der Waals surface area contributed by atoms with Gasteiger partial charge in [0.2, 0.25) is 0 Å². The summed E-state index contributed by atoms with van der Waals surface area (Å²) in [5.41, 5.74) is -0.867. The fourth-order valence-electron chi connectivity index (χ4n) is 2.23. The minimum absolute atomic E-state index is 0.199. The third kappa shape index (κ3) is 2.73. The smallest absolute Gasteiger partial charge is 0.109 e. The molecule has 0 unspecified atom stereocenters. The summed E-state index contributed by atoms with van der Waals surface area (Å²) in [5.74, 6) is 0. The Morgan fingerprint density at radius 1 is 1.25 bits per heavy atom. The molecule has 16 heavy (non-hydrogen) atoms. The number of hydrogen-bond donors (Lipinski definition) is 5. The van der Waals surface area contributed by atoms with Crippen molar-refractivity contribution in [1.82, 2.24) is 5.32 Å². The van der Waals surface area contributed by atoms with E-state index in [2.05, 4.69) is 12.2 Å². The van der Waals surface area contributed by atoms with Gasteiger partial charge in [-0.1, -0.05) is 26.2 Å². The number of unbranched alkanes of at least 4 members (excludes halogenated alkanes) is 2. The molecule has 4 atom stereocenters. The van der Waals surface area contributed by atoms with Gasteiger partial charge in [-0.2, -0.15) is 0 Å². The number of aliphatic hydroxyl groups is 4. The molecule has 0 amide bonds. The molecular formula is C11H23NO4. The van der Waals surface area contributed by atoms with Gasteiger partial charge in [0.05, 0.1) is 18.2 Å². The molecule has 5 heteroatoms. The average molecular weight is 233 g/mol. The third-order valence-corrected chi connectivity index (χ3v) is 3.46. The Kier molecular flexibility index (Phi) is 5.14. The summed E-state index contributed by atoms with van der Waals surface area (Å²) in [5, 5.41) is 41.3. The molecule has 1 aliphatic heterocycles. The first-order chi connectivity index (χ1) is 7.57. The van der Waals surface area contributed by atoms with E-state index in [1.165, 1.54) is 0 Å². The van der Waals surface area contributed by atoms with Gasteiger partial charge in [-0.25, -0.2) is 0 Å². The lowest BCUT2D eigenvalue weighted by molar-refractivity contribution is -0.135. The quantitative estimate of drug-likeness (QED) is 0.392. The maximum Gasteiger partial charge on any atom is 0.109 e. The summed E-state index contributed by atoms with van der Waals surface area (Å²) in [7, 11) is 0. The van der Waals surface area contributed by atoms with Crippen LogP contribution in [-0.2, 0) is 0 Å². The molecule has 0 aromatic heterocycles. The average Bonchev–Trinajstić information content (AvgIpc) is 2.30. The number of nitrogens with one attached hydrogen (secondary N) is 1. The van der Waals surface area contributed by atoms with Crippen LogP contribution in [0, 0.1) is 0 Å². The molecule has 5 N–H and O–H groups in total. The van der Waals surface area contributed by atoms with Crippen LogP contribution in [0.4, 0.5) is 0 Å². The van der Waals surface area contributed by atoms with Crippen LogP contribution < -0.4 is 5.32 Å². The van der Waals surface area contributed by atoms with E-state index in [1.54, 1.807) is 0 Å². The van der Waals surface area contributed by atoms with Gasteiger partial charge in [0.1, 0.15) is 12.2 Å². The van der Waals surface area contributed by atoms with Gasteiger partial charge < -0.3 is 25.7 Å². The van der Waals surface area contributed by atoms with Crippen molar-refractivity contribution in [3.63, 3.8) is 0 Å². The number of β-amino-alcohol motifs (C(OH)–C–C–N with tert-alkyl or cyclic N) is 1. The first-order valence-corrected chi connectivity index (χ1v) is 5.97. The third-order valence-electron chi connectivity index (χ3n) is 3.46. The second-order valence-electron chi connectivity index (χ2n) is 4.66. The fraction of sp³-hybridized carbons (Fsp3) is 1.00. The molecule has 0 spiro atoms. The van der Waals surface area contributed by atoms with Crippen LogP contribution in [-0.4, -0.2) is 57.4 Å². The highest BCUT2D eigenvalue weighted by molar-refractivity contribution is 5.04. The van der Waals surface area contributed by atoms with Crippen LogP contribution in [0.15, 0.2) is 0 Å². The monoisotopic (exact) mass is 233 g/mol. The topological polar surface area (TPSA) is 93.0 Å². The summed E-state index contributed by atoms with van der Waals surface area (Å²) in [4.78, 5) is 0. The molecule has 1 heterocycles. The van der Waals surface area contributed by atoms with Gasteiger partial charge in [0.15, 0.2) is 0 Å². The molecule has 96 valence electrons. The molecule has 0 bridgehead atoms. The molecule has 0 saturated carbocycles. The number of hydrogen-bond acceptors (Lipinski definition) is 5. The Morgan fingerprint density at radius 3 is 2.50 bits per heavy atom. The lowest BCUT2D eigenvalue weighted by atomic mass is 9.80. The highest BCUT2D eigenvalue weighted by Gasteiger charge is 2.46. The standard InChI is InChI=1S/C11H23NO4/c1-2-3-4-5-11(7-13)10(16)9(15)8(14)6-12-11/h8-10,12-16H,2-7H2,1H3/t8-,9+,10-,11+/m0/s1. The molecule has 1 fully saturated rings. The Bertz CT molecular complexity index is 214. The molecule has 0 aromatic rings. The van der Waals surface area contributed by atoms with Crippen molar-refractivity contribution in [3.8, 4) is 0 Å². The molecule has 0 aliphatic carbocycles. The van der Waals surface area contributed by atoms with E-state index in [0.29, 0.717) is 6.42 Å². The summed E-state index contributed by atoms with van der Waals surface area (Å²) < 4.78 is 0. The van der Waals surface area contributed by atoms with Crippen molar-refractivity contribution >= 4 is 0 Å². The summed E-state index contributed by atoms with van der Waals surface area (Å²) in [6, 6.07) is 0. The van der Waals surface area contributed by atoms with Gasteiger partial charge in [0, 0.05) is 6.54 Å². The van der Waals surface area contributed by atoms with Crippen molar-refractivity contribution in [1.29, 1.82) is 0 Å². The van der Waals surface area contributed by atoms with Gasteiger partial charge in [-0.3, -0.25) is 0 Å². The van der Waals surface area contributed by atoms with Crippen molar-refractivity contribution in [2.24, 2.45) is 0 Å². The lowest BCUT2D eigenvalue weighted by Gasteiger charge is -2.45. The minimum atomic E-state index is -1.19. The van der Waals surface area contributed by atoms with E-state index in [1.807, 2.05) is 0 Å². The van der Waals surface area contributed by atoms with Crippen molar-refractivity contribution in [3.05, 3.63) is 0 Å². The van der Waals surface area contributed by atoms with Gasteiger partial charge in [0.25, 0.3) is 0 Å². The molecule has 1 saturated heterocycles. The van der Waals surface area contributed by atoms with E-state index in [-0.39, 0.29) is 13.2 Å². The summed E-state index contributed by atoms with van der Waals surface area (Å²) in [6.07, 6.45) is 0.276. The van der Waals surface area contributed by atoms with Crippen molar-refractivity contribution in [2.45, 2.75) is 56.5 Å². The SMILES string of the molecule is CCCCC[C@]1(CO)NC[C@H](O)[C@@H](O)[C@@H]1O. The van der Waals surface area contributed by atoms with Gasteiger partial charge in [-0.15, -0.1) is 0 Å². The predicted octanol–water partition coefficient (Wildman–Crippen LogP) is -1.02. The summed E-state index contributed by atoms with van der Waals surface area (Å²) in [6.45, 7) is 2.04. The Morgan fingerprint density at radius 2 is 1.94 bits per heavy atom.